The lowest BCUT2D eigenvalue weighted by atomic mass is 10.3. The maximum absolute atomic E-state index is 13.0. The topological polar surface area (TPSA) is 60.0 Å². The van der Waals surface area contributed by atoms with Crippen LogP contribution in [0.3, 0.4) is 0 Å². The number of aliphatic imine (C=N–C) groups is 1. The average Bonchev–Trinajstić information content (AvgIpc) is 3.14. The Balaban J connectivity index is 1.78. The Morgan fingerprint density at radius 1 is 0.966 bits per heavy atom. The highest BCUT2D eigenvalue weighted by Gasteiger charge is 2.15. The summed E-state index contributed by atoms with van der Waals surface area (Å²) in [6.07, 6.45) is 1.67. The minimum atomic E-state index is -0.164. The fourth-order valence-electron chi connectivity index (χ4n) is 3.30. The Hall–Kier alpha value is -3.45. The molecule has 1 N–H and O–H groups in total. The number of para-hydroxylation sites is 2. The van der Waals surface area contributed by atoms with E-state index in [0.717, 1.165) is 28.3 Å². The van der Waals surface area contributed by atoms with Gasteiger partial charge in [-0.25, -0.2) is 14.4 Å². The first-order chi connectivity index (χ1) is 14.0. The number of nitrogens with one attached hydrogen (secondary N) is 1. The molecular formula is C22H21N5OS. The monoisotopic (exact) mass is 403 g/mol. The third kappa shape index (κ3) is 3.30. The molecule has 29 heavy (non-hydrogen) atoms. The van der Waals surface area contributed by atoms with E-state index in [0.29, 0.717) is 10.3 Å². The van der Waals surface area contributed by atoms with Crippen LogP contribution < -0.4 is 5.56 Å². The van der Waals surface area contributed by atoms with Crippen LogP contribution in [0.5, 0.6) is 0 Å². The van der Waals surface area contributed by atoms with Crippen LogP contribution in [-0.4, -0.2) is 25.4 Å². The number of rotatable bonds is 4. The largest absolute Gasteiger partial charge is 0.297 e. The van der Waals surface area contributed by atoms with Gasteiger partial charge in [0.05, 0.1) is 22.6 Å². The first kappa shape index (κ1) is 18.9. The van der Waals surface area contributed by atoms with Gasteiger partial charge in [-0.1, -0.05) is 48.6 Å². The van der Waals surface area contributed by atoms with E-state index in [1.54, 1.807) is 10.9 Å². The molecule has 2 aromatic heterocycles. The van der Waals surface area contributed by atoms with Crippen LogP contribution in [0.25, 0.3) is 11.4 Å². The van der Waals surface area contributed by atoms with Gasteiger partial charge in [-0.15, -0.1) is 0 Å². The van der Waals surface area contributed by atoms with E-state index in [1.807, 2.05) is 90.9 Å². The van der Waals surface area contributed by atoms with Crippen LogP contribution in [0.1, 0.15) is 17.0 Å². The van der Waals surface area contributed by atoms with Gasteiger partial charge in [0.25, 0.3) is 5.56 Å². The molecule has 0 aliphatic carbocycles. The van der Waals surface area contributed by atoms with Crippen molar-refractivity contribution in [2.24, 2.45) is 12.0 Å². The normalized spacial score (nSPS) is 11.4. The van der Waals surface area contributed by atoms with Crippen LogP contribution in [0.4, 0.5) is 5.69 Å². The number of hydrogen-bond donors (Lipinski definition) is 1. The fraction of sp³-hybridized carbons (Fsp3) is 0.136. The molecular weight excluding hydrogens is 382 g/mol. The summed E-state index contributed by atoms with van der Waals surface area (Å²) in [4.78, 5) is 17.6. The van der Waals surface area contributed by atoms with Crippen LogP contribution in [0, 0.1) is 18.5 Å². The number of aromatic amines is 1. The smallest absolute Gasteiger partial charge is 0.297 e. The van der Waals surface area contributed by atoms with Crippen LogP contribution >= 0.6 is 12.2 Å². The van der Waals surface area contributed by atoms with Crippen molar-refractivity contribution in [3.63, 3.8) is 0 Å². The summed E-state index contributed by atoms with van der Waals surface area (Å²) in [6, 6.07) is 19.4. The van der Waals surface area contributed by atoms with Crippen molar-refractivity contribution in [3.8, 4) is 11.4 Å². The Kier molecular flexibility index (Phi) is 4.90. The second-order valence-corrected chi connectivity index (χ2v) is 7.18. The molecule has 0 atom stereocenters. The number of nitrogens with zero attached hydrogens (tertiary/aromatic N) is 4. The molecule has 0 saturated carbocycles. The summed E-state index contributed by atoms with van der Waals surface area (Å²) in [5.74, 6) is 0. The van der Waals surface area contributed by atoms with Gasteiger partial charge in [0.2, 0.25) is 0 Å². The van der Waals surface area contributed by atoms with E-state index in [1.165, 1.54) is 0 Å². The van der Waals surface area contributed by atoms with Crippen molar-refractivity contribution in [2.45, 2.75) is 13.8 Å². The van der Waals surface area contributed by atoms with Crippen LogP contribution in [-0.2, 0) is 7.05 Å². The van der Waals surface area contributed by atoms with E-state index in [4.69, 9.17) is 12.2 Å². The van der Waals surface area contributed by atoms with Gasteiger partial charge in [-0.05, 0) is 38.1 Å². The zero-order valence-corrected chi connectivity index (χ0v) is 17.3. The molecule has 2 heterocycles. The summed E-state index contributed by atoms with van der Waals surface area (Å²) in [7, 11) is 1.85. The molecule has 7 heteroatoms. The molecule has 0 saturated heterocycles. The van der Waals surface area contributed by atoms with Gasteiger partial charge in [0.15, 0.2) is 5.69 Å². The van der Waals surface area contributed by atoms with E-state index in [9.17, 15) is 4.79 Å². The molecule has 146 valence electrons. The molecule has 6 nitrogen and oxygen atoms in total. The molecule has 0 amide bonds. The molecule has 0 unspecified atom stereocenters. The molecule has 0 radical (unpaired) electrons. The Bertz CT molecular complexity index is 1310. The first-order valence-electron chi connectivity index (χ1n) is 9.24. The second-order valence-electron chi connectivity index (χ2n) is 6.79. The summed E-state index contributed by atoms with van der Waals surface area (Å²) < 4.78 is 5.89. The predicted molar refractivity (Wildman–Crippen MR) is 119 cm³/mol. The molecule has 2 aromatic carbocycles. The third-order valence-electron chi connectivity index (χ3n) is 4.98. The van der Waals surface area contributed by atoms with Gasteiger partial charge in [-0.3, -0.25) is 14.6 Å². The zero-order chi connectivity index (χ0) is 20.5. The summed E-state index contributed by atoms with van der Waals surface area (Å²) >= 11 is 5.64. The first-order valence-corrected chi connectivity index (χ1v) is 9.65. The van der Waals surface area contributed by atoms with E-state index in [-0.39, 0.29) is 5.56 Å². The van der Waals surface area contributed by atoms with Gasteiger partial charge in [0.1, 0.15) is 4.64 Å². The lowest BCUT2D eigenvalue weighted by Gasteiger charge is -2.07. The maximum atomic E-state index is 13.0. The number of H-pyrrole nitrogens is 1. The molecule has 4 aromatic rings. The zero-order valence-electron chi connectivity index (χ0n) is 16.5. The number of aryl methyl sites for hydroxylation is 1. The SMILES string of the molecule is Cc1[nH]n(-c2ccccc2)c(=S)c1C=Nc1c(C)n(C)n(-c2ccccc2)c1=O. The fourth-order valence-corrected chi connectivity index (χ4v) is 3.66. The maximum Gasteiger partial charge on any atom is 0.297 e. The minimum Gasteiger partial charge on any atom is -0.297 e. The Morgan fingerprint density at radius 2 is 1.55 bits per heavy atom. The van der Waals surface area contributed by atoms with E-state index in [2.05, 4.69) is 10.1 Å². The van der Waals surface area contributed by atoms with Crippen LogP contribution in [0.15, 0.2) is 70.5 Å². The molecule has 4 rings (SSSR count). The van der Waals surface area contributed by atoms with Crippen LogP contribution in [0.2, 0.25) is 0 Å². The van der Waals surface area contributed by atoms with Crippen molar-refractivity contribution in [2.75, 3.05) is 0 Å². The number of hydrogen-bond acceptors (Lipinski definition) is 3. The van der Waals surface area contributed by atoms with Crippen molar-refractivity contribution >= 4 is 24.1 Å². The molecule has 0 bridgehead atoms. The highest BCUT2D eigenvalue weighted by Crippen LogP contribution is 2.18. The summed E-state index contributed by atoms with van der Waals surface area (Å²) in [6.45, 7) is 3.83. The van der Waals surface area contributed by atoms with Gasteiger partial charge in [-0.2, -0.15) is 0 Å². The second kappa shape index (κ2) is 7.52. The Labute approximate surface area is 173 Å². The lowest BCUT2D eigenvalue weighted by Crippen LogP contribution is -2.19. The van der Waals surface area contributed by atoms with Gasteiger partial charge in [0, 0.05) is 19.0 Å². The van der Waals surface area contributed by atoms with Crippen molar-refractivity contribution in [1.82, 2.24) is 19.1 Å². The molecule has 0 spiro atoms. The Morgan fingerprint density at radius 3 is 2.17 bits per heavy atom. The predicted octanol–water partition coefficient (Wildman–Crippen LogP) is 4.39. The van der Waals surface area contributed by atoms with Crippen molar-refractivity contribution in [3.05, 3.63) is 92.6 Å². The molecule has 0 aliphatic rings. The van der Waals surface area contributed by atoms with Gasteiger partial charge >= 0.3 is 0 Å². The van der Waals surface area contributed by atoms with E-state index >= 15 is 0 Å². The minimum absolute atomic E-state index is 0.164. The molecule has 0 aliphatic heterocycles. The summed E-state index contributed by atoms with van der Waals surface area (Å²) in [5, 5.41) is 3.27. The quantitative estimate of drug-likeness (QED) is 0.406. The summed E-state index contributed by atoms with van der Waals surface area (Å²) in [5.41, 5.74) is 4.44. The molecule has 0 fully saturated rings. The van der Waals surface area contributed by atoms with Crippen molar-refractivity contribution in [1.29, 1.82) is 0 Å². The number of aromatic nitrogens is 4. The number of benzene rings is 2. The highest BCUT2D eigenvalue weighted by molar-refractivity contribution is 7.71. The van der Waals surface area contributed by atoms with E-state index < -0.39 is 0 Å². The third-order valence-corrected chi connectivity index (χ3v) is 5.38. The highest BCUT2D eigenvalue weighted by atomic mass is 32.1. The lowest BCUT2D eigenvalue weighted by molar-refractivity contribution is 0.630. The average molecular weight is 404 g/mol. The standard InChI is InChI=1S/C22H21N5OS/c1-15-19(22(29)26(24-15)17-10-6-4-7-11-17)14-23-20-16(2)25(3)27(21(20)28)18-12-8-5-9-13-18/h4-14,24H,1-3H3. The van der Waals surface area contributed by atoms with Crippen molar-refractivity contribution < 1.29 is 0 Å². The van der Waals surface area contributed by atoms with Gasteiger partial charge < -0.3 is 0 Å².